The van der Waals surface area contributed by atoms with Gasteiger partial charge in [-0.15, -0.1) is 0 Å². The number of carbonyl (C=O) groups excluding carboxylic acids is 1. The topological polar surface area (TPSA) is 109 Å². The van der Waals surface area contributed by atoms with Crippen molar-refractivity contribution in [3.8, 4) is 17.6 Å². The smallest absolute Gasteiger partial charge is 0.335 e. The summed E-state index contributed by atoms with van der Waals surface area (Å²) in [5, 5.41) is 21.1. The summed E-state index contributed by atoms with van der Waals surface area (Å²) in [4.78, 5) is 23.6. The maximum atomic E-state index is 12.6. The van der Waals surface area contributed by atoms with Crippen molar-refractivity contribution in [3.63, 3.8) is 0 Å². The van der Waals surface area contributed by atoms with E-state index < -0.39 is 11.9 Å². The van der Waals surface area contributed by atoms with Gasteiger partial charge in [-0.1, -0.05) is 29.8 Å². The lowest BCUT2D eigenvalue weighted by Crippen LogP contribution is -2.13. The average molecular weight is 535 g/mol. The number of benzene rings is 3. The summed E-state index contributed by atoms with van der Waals surface area (Å²) in [6.07, 6.45) is 1.44. The first-order valence-electron chi connectivity index (χ1n) is 10.7. The third-order valence-corrected chi connectivity index (χ3v) is 5.45. The van der Waals surface area contributed by atoms with Crippen molar-refractivity contribution in [2.45, 2.75) is 20.5 Å². The molecule has 3 aromatic rings. The third-order valence-electron chi connectivity index (χ3n) is 4.86. The van der Waals surface area contributed by atoms with Crippen LogP contribution in [0.4, 0.5) is 5.69 Å². The number of aryl methyl sites for hydroxylation is 1. The Morgan fingerprint density at radius 3 is 2.49 bits per heavy atom. The molecule has 0 aliphatic carbocycles. The number of hydrogen-bond acceptors (Lipinski definition) is 5. The standard InChI is InChI=1S/C27H23BrN2O5/c1-3-34-24-14-19(13-23(28)25(24)35-16-18-6-4-5-17(2)11-18)12-21(15-29)26(31)30-22-9-7-20(8-10-22)27(32)33/h4-14H,3,16H2,1-2H3,(H,30,31)(H,32,33)/b21-12+. The molecule has 0 saturated carbocycles. The van der Waals surface area contributed by atoms with E-state index in [1.54, 1.807) is 12.1 Å². The maximum Gasteiger partial charge on any atom is 0.335 e. The number of halogens is 1. The Morgan fingerprint density at radius 2 is 1.86 bits per heavy atom. The highest BCUT2D eigenvalue weighted by Crippen LogP contribution is 2.38. The van der Waals surface area contributed by atoms with Crippen LogP contribution in [0.15, 0.2) is 70.7 Å². The van der Waals surface area contributed by atoms with Crippen LogP contribution in [0.3, 0.4) is 0 Å². The first-order valence-corrected chi connectivity index (χ1v) is 11.5. The van der Waals surface area contributed by atoms with Crippen molar-refractivity contribution >= 4 is 39.6 Å². The highest BCUT2D eigenvalue weighted by atomic mass is 79.9. The largest absolute Gasteiger partial charge is 0.490 e. The number of nitriles is 1. The molecule has 35 heavy (non-hydrogen) atoms. The number of rotatable bonds is 9. The van der Waals surface area contributed by atoms with E-state index in [-0.39, 0.29) is 11.1 Å². The molecular weight excluding hydrogens is 512 g/mol. The Balaban J connectivity index is 1.82. The molecule has 0 atom stereocenters. The minimum atomic E-state index is -1.07. The van der Waals surface area contributed by atoms with Gasteiger partial charge in [0.1, 0.15) is 18.2 Å². The molecule has 0 unspecified atom stereocenters. The molecule has 0 heterocycles. The predicted molar refractivity (Wildman–Crippen MR) is 136 cm³/mol. The number of carbonyl (C=O) groups is 2. The lowest BCUT2D eigenvalue weighted by Gasteiger charge is -2.15. The van der Waals surface area contributed by atoms with Gasteiger partial charge in [-0.2, -0.15) is 5.26 Å². The van der Waals surface area contributed by atoms with Gasteiger partial charge in [0, 0.05) is 5.69 Å². The minimum Gasteiger partial charge on any atom is -0.490 e. The molecule has 0 radical (unpaired) electrons. The maximum absolute atomic E-state index is 12.6. The van der Waals surface area contributed by atoms with E-state index in [4.69, 9.17) is 14.6 Å². The fourth-order valence-corrected chi connectivity index (χ4v) is 3.82. The van der Waals surface area contributed by atoms with Crippen molar-refractivity contribution in [1.29, 1.82) is 5.26 Å². The first-order chi connectivity index (χ1) is 16.8. The lowest BCUT2D eigenvalue weighted by molar-refractivity contribution is -0.112. The summed E-state index contributed by atoms with van der Waals surface area (Å²) in [6, 6.07) is 19.0. The van der Waals surface area contributed by atoms with Crippen LogP contribution in [0.2, 0.25) is 0 Å². The van der Waals surface area contributed by atoms with E-state index in [0.29, 0.717) is 40.4 Å². The van der Waals surface area contributed by atoms with Crippen LogP contribution in [-0.2, 0) is 11.4 Å². The average Bonchev–Trinajstić information content (AvgIpc) is 2.82. The van der Waals surface area contributed by atoms with E-state index in [1.165, 1.54) is 30.3 Å². The van der Waals surface area contributed by atoms with E-state index >= 15 is 0 Å². The van der Waals surface area contributed by atoms with E-state index in [9.17, 15) is 14.9 Å². The number of ether oxygens (including phenoxy) is 2. The zero-order valence-corrected chi connectivity index (χ0v) is 20.8. The predicted octanol–water partition coefficient (Wildman–Crippen LogP) is 5.98. The van der Waals surface area contributed by atoms with E-state index in [2.05, 4.69) is 21.2 Å². The molecule has 1 amide bonds. The fourth-order valence-electron chi connectivity index (χ4n) is 3.24. The summed E-state index contributed by atoms with van der Waals surface area (Å²) in [7, 11) is 0. The Hall–Kier alpha value is -4.09. The van der Waals surface area contributed by atoms with Gasteiger partial charge in [0.05, 0.1) is 16.6 Å². The number of carboxylic acids is 1. The molecular formula is C27H23BrN2O5. The van der Waals surface area contributed by atoms with Gasteiger partial charge in [-0.25, -0.2) is 4.79 Å². The van der Waals surface area contributed by atoms with Crippen molar-refractivity contribution in [2.75, 3.05) is 11.9 Å². The number of carboxylic acid groups (broad SMARTS) is 1. The van der Waals surface area contributed by atoms with Crippen LogP contribution < -0.4 is 14.8 Å². The molecule has 0 aliphatic heterocycles. The minimum absolute atomic E-state index is 0.0945. The number of aromatic carboxylic acids is 1. The zero-order valence-electron chi connectivity index (χ0n) is 19.2. The second kappa shape index (κ2) is 11.9. The van der Waals surface area contributed by atoms with Crippen molar-refractivity contribution in [1.82, 2.24) is 0 Å². The van der Waals surface area contributed by atoms with Gasteiger partial charge in [-0.3, -0.25) is 4.79 Å². The van der Waals surface area contributed by atoms with Gasteiger partial charge in [-0.05, 0) is 83.4 Å². The van der Waals surface area contributed by atoms with Crippen LogP contribution in [0.25, 0.3) is 6.08 Å². The molecule has 7 nitrogen and oxygen atoms in total. The van der Waals surface area contributed by atoms with Gasteiger partial charge < -0.3 is 19.9 Å². The Labute approximate surface area is 211 Å². The number of nitrogens with one attached hydrogen (secondary N) is 1. The second-order valence-electron chi connectivity index (χ2n) is 7.55. The SMILES string of the molecule is CCOc1cc(/C=C(\C#N)C(=O)Nc2ccc(C(=O)O)cc2)cc(Br)c1OCc1cccc(C)c1. The van der Waals surface area contributed by atoms with Gasteiger partial charge in [0.2, 0.25) is 0 Å². The summed E-state index contributed by atoms with van der Waals surface area (Å²) in [5.74, 6) is -0.693. The van der Waals surface area contributed by atoms with Crippen LogP contribution in [-0.4, -0.2) is 23.6 Å². The number of amides is 1. The fraction of sp³-hybridized carbons (Fsp3) is 0.148. The highest BCUT2D eigenvalue weighted by molar-refractivity contribution is 9.10. The Morgan fingerprint density at radius 1 is 1.11 bits per heavy atom. The number of hydrogen-bond donors (Lipinski definition) is 2. The number of nitrogens with zero attached hydrogens (tertiary/aromatic N) is 1. The van der Waals surface area contributed by atoms with Crippen LogP contribution in [0.1, 0.15) is 34.0 Å². The Kier molecular flexibility index (Phi) is 8.65. The van der Waals surface area contributed by atoms with Crippen LogP contribution in [0.5, 0.6) is 11.5 Å². The van der Waals surface area contributed by atoms with Gasteiger partial charge in [0.25, 0.3) is 5.91 Å². The molecule has 2 N–H and O–H groups in total. The molecule has 3 rings (SSSR count). The van der Waals surface area contributed by atoms with Gasteiger partial charge in [0.15, 0.2) is 11.5 Å². The van der Waals surface area contributed by atoms with E-state index in [0.717, 1.165) is 11.1 Å². The molecule has 0 saturated heterocycles. The highest BCUT2D eigenvalue weighted by Gasteiger charge is 2.15. The molecule has 0 fully saturated rings. The zero-order chi connectivity index (χ0) is 25.4. The molecule has 0 aliphatic rings. The van der Waals surface area contributed by atoms with Crippen molar-refractivity contribution in [3.05, 3.63) is 93.0 Å². The second-order valence-corrected chi connectivity index (χ2v) is 8.40. The third kappa shape index (κ3) is 6.95. The van der Waals surface area contributed by atoms with Crippen LogP contribution in [0, 0.1) is 18.3 Å². The molecule has 0 spiro atoms. The van der Waals surface area contributed by atoms with E-state index in [1.807, 2.05) is 44.2 Å². The first kappa shape index (κ1) is 25.5. The summed E-state index contributed by atoms with van der Waals surface area (Å²) in [6.45, 7) is 4.62. The summed E-state index contributed by atoms with van der Waals surface area (Å²) < 4.78 is 12.4. The summed E-state index contributed by atoms with van der Waals surface area (Å²) in [5.41, 5.74) is 3.06. The van der Waals surface area contributed by atoms with Crippen molar-refractivity contribution in [2.24, 2.45) is 0 Å². The lowest BCUT2D eigenvalue weighted by atomic mass is 10.1. The normalized spacial score (nSPS) is 10.9. The number of anilines is 1. The molecule has 3 aromatic carbocycles. The molecule has 0 aromatic heterocycles. The quantitative estimate of drug-likeness (QED) is 0.258. The van der Waals surface area contributed by atoms with Crippen molar-refractivity contribution < 1.29 is 24.2 Å². The molecule has 178 valence electrons. The molecule has 0 bridgehead atoms. The van der Waals surface area contributed by atoms with Crippen LogP contribution >= 0.6 is 15.9 Å². The van der Waals surface area contributed by atoms with Gasteiger partial charge >= 0.3 is 5.97 Å². The molecule has 8 heteroatoms. The Bertz CT molecular complexity index is 1310. The summed E-state index contributed by atoms with van der Waals surface area (Å²) >= 11 is 3.51. The monoisotopic (exact) mass is 534 g/mol.